The van der Waals surface area contributed by atoms with Gasteiger partial charge in [0, 0.05) is 11.1 Å². The van der Waals surface area contributed by atoms with E-state index in [4.69, 9.17) is 4.74 Å². The van der Waals surface area contributed by atoms with Crippen molar-refractivity contribution in [1.82, 2.24) is 0 Å². The highest BCUT2D eigenvalue weighted by atomic mass is 32.2. The van der Waals surface area contributed by atoms with Crippen molar-refractivity contribution in [2.75, 3.05) is 6.61 Å². The van der Waals surface area contributed by atoms with Crippen molar-refractivity contribution >= 4 is 16.2 Å². The molecular weight excluding hydrogens is 216 g/mol. The number of hydrogen-bond donors (Lipinski definition) is 0. The fourth-order valence-corrected chi connectivity index (χ4v) is 1.41. The van der Waals surface area contributed by atoms with E-state index in [-0.39, 0.29) is 5.56 Å². The lowest BCUT2D eigenvalue weighted by Gasteiger charge is -2.10. The summed E-state index contributed by atoms with van der Waals surface area (Å²) in [4.78, 5) is 11.2. The van der Waals surface area contributed by atoms with E-state index < -0.39 is 16.2 Å². The molecule has 4 nitrogen and oxygen atoms in total. The van der Waals surface area contributed by atoms with E-state index in [2.05, 4.69) is 0 Å². The number of hydrogen-bond acceptors (Lipinski definition) is 4. The minimum absolute atomic E-state index is 0.0827. The lowest BCUT2D eigenvalue weighted by molar-refractivity contribution is 0.107. The summed E-state index contributed by atoms with van der Waals surface area (Å²) in [6.45, 7) is 2.38. The van der Waals surface area contributed by atoms with Gasteiger partial charge in [0.05, 0.1) is 12.2 Å². The zero-order valence-corrected chi connectivity index (χ0v) is 9.08. The number of carbonyl (C=O) groups is 1. The summed E-state index contributed by atoms with van der Waals surface area (Å²) in [6, 6.07) is 6.30. The summed E-state index contributed by atoms with van der Waals surface area (Å²) in [5.74, 6) is 0.313. The fraction of sp³-hybridized carbons (Fsp3) is 0.300. The van der Waals surface area contributed by atoms with E-state index >= 15 is 0 Å². The lowest BCUT2D eigenvalue weighted by Crippen LogP contribution is -2.09. The Balaban J connectivity index is 2.95. The van der Waals surface area contributed by atoms with E-state index in [0.717, 1.165) is 6.42 Å². The van der Waals surface area contributed by atoms with Crippen LogP contribution in [0.3, 0.4) is 0 Å². The average Bonchev–Trinajstić information content (AvgIpc) is 2.25. The number of carbonyl (C=O) groups excluding carboxylic acids is 1. The third-order valence-corrected chi connectivity index (χ3v) is 2.24. The molecule has 15 heavy (non-hydrogen) atoms. The maximum absolute atomic E-state index is 11.2. The smallest absolute Gasteiger partial charge is 0.239 e. The molecule has 0 N–H and O–H groups in total. The Morgan fingerprint density at radius 2 is 2.13 bits per heavy atom. The predicted octanol–water partition coefficient (Wildman–Crippen LogP) is 1.49. The van der Waals surface area contributed by atoms with Crippen LogP contribution in [0.15, 0.2) is 24.3 Å². The molecule has 1 aromatic carbocycles. The van der Waals surface area contributed by atoms with Crippen LogP contribution < -0.4 is 4.74 Å². The van der Waals surface area contributed by atoms with Crippen LogP contribution in [0.5, 0.6) is 5.75 Å². The van der Waals surface area contributed by atoms with Crippen molar-refractivity contribution < 1.29 is 18.3 Å². The van der Waals surface area contributed by atoms with Gasteiger partial charge in [-0.05, 0) is 18.6 Å². The molecule has 0 saturated heterocycles. The first kappa shape index (κ1) is 11.9. The minimum Gasteiger partial charge on any atom is -0.766 e. The van der Waals surface area contributed by atoms with Gasteiger partial charge in [0.15, 0.2) is 0 Å². The molecule has 5 heteroatoms. The van der Waals surface area contributed by atoms with Gasteiger partial charge < -0.3 is 9.29 Å². The summed E-state index contributed by atoms with van der Waals surface area (Å²) >= 11 is -2.75. The van der Waals surface area contributed by atoms with Gasteiger partial charge in [-0.25, -0.2) is 0 Å². The van der Waals surface area contributed by atoms with Crippen LogP contribution in [0.4, 0.5) is 0 Å². The third-order valence-electron chi connectivity index (χ3n) is 1.72. The zero-order valence-electron chi connectivity index (χ0n) is 8.26. The molecule has 0 bridgehead atoms. The second-order valence-corrected chi connectivity index (χ2v) is 3.71. The first-order valence-corrected chi connectivity index (χ1v) is 5.59. The van der Waals surface area contributed by atoms with Gasteiger partial charge >= 0.3 is 0 Å². The molecular formula is C10H11O4S-. The van der Waals surface area contributed by atoms with Crippen LogP contribution in [-0.4, -0.2) is 20.5 Å². The average molecular weight is 227 g/mol. The van der Waals surface area contributed by atoms with Crippen molar-refractivity contribution in [2.45, 2.75) is 13.3 Å². The number of ether oxygens (including phenoxy) is 1. The van der Waals surface area contributed by atoms with Gasteiger partial charge in [0.2, 0.25) is 5.12 Å². The Hall–Kier alpha value is -1.20. The number of benzene rings is 1. The highest BCUT2D eigenvalue weighted by Crippen LogP contribution is 2.19. The molecule has 1 rings (SSSR count). The molecule has 0 spiro atoms. The molecule has 1 atom stereocenters. The van der Waals surface area contributed by atoms with Crippen molar-refractivity contribution in [3.63, 3.8) is 0 Å². The zero-order chi connectivity index (χ0) is 11.3. The maximum Gasteiger partial charge on any atom is 0.239 e. The van der Waals surface area contributed by atoms with E-state index in [1.807, 2.05) is 6.92 Å². The second-order valence-electron chi connectivity index (χ2n) is 2.87. The molecule has 0 radical (unpaired) electrons. The molecule has 0 aliphatic heterocycles. The molecule has 0 aromatic heterocycles. The third kappa shape index (κ3) is 3.14. The number of rotatable bonds is 4. The Morgan fingerprint density at radius 1 is 1.47 bits per heavy atom. The van der Waals surface area contributed by atoms with Crippen LogP contribution in [0, 0.1) is 0 Å². The molecule has 0 aliphatic carbocycles. The highest BCUT2D eigenvalue weighted by Gasteiger charge is 2.11. The van der Waals surface area contributed by atoms with Gasteiger partial charge in [0.1, 0.15) is 5.75 Å². The van der Waals surface area contributed by atoms with Crippen LogP contribution in [0.1, 0.15) is 23.7 Å². The minimum atomic E-state index is -2.75. The van der Waals surface area contributed by atoms with Crippen LogP contribution in [0.25, 0.3) is 0 Å². The highest BCUT2D eigenvalue weighted by molar-refractivity contribution is 7.95. The molecule has 1 aromatic rings. The summed E-state index contributed by atoms with van der Waals surface area (Å²) < 4.78 is 26.3. The van der Waals surface area contributed by atoms with Gasteiger partial charge in [0.25, 0.3) is 0 Å². The lowest BCUT2D eigenvalue weighted by atomic mass is 10.2. The summed E-state index contributed by atoms with van der Waals surface area (Å²) in [7, 11) is 0. The molecule has 0 saturated carbocycles. The topological polar surface area (TPSA) is 66.4 Å². The summed E-state index contributed by atoms with van der Waals surface area (Å²) in [5.41, 5.74) is 0.0827. The molecule has 0 heterocycles. The van der Waals surface area contributed by atoms with E-state index in [0.29, 0.717) is 12.4 Å². The van der Waals surface area contributed by atoms with E-state index in [1.165, 1.54) is 6.07 Å². The van der Waals surface area contributed by atoms with Gasteiger partial charge in [-0.1, -0.05) is 19.1 Å². The normalized spacial score (nSPS) is 12.1. The molecule has 1 unspecified atom stereocenters. The summed E-state index contributed by atoms with van der Waals surface area (Å²) in [6.07, 6.45) is 0.795. The van der Waals surface area contributed by atoms with Crippen LogP contribution in [-0.2, 0) is 11.1 Å². The quantitative estimate of drug-likeness (QED) is 0.731. The maximum atomic E-state index is 11.2. The SMILES string of the molecule is CCCOc1ccccc1C(=O)S(=O)[O-]. The van der Waals surface area contributed by atoms with Gasteiger partial charge in [-0.15, -0.1) is 0 Å². The van der Waals surface area contributed by atoms with Crippen LogP contribution >= 0.6 is 0 Å². The van der Waals surface area contributed by atoms with Gasteiger partial charge in [-0.2, -0.15) is 0 Å². The van der Waals surface area contributed by atoms with E-state index in [1.54, 1.807) is 18.2 Å². The van der Waals surface area contributed by atoms with Crippen molar-refractivity contribution in [3.05, 3.63) is 29.8 Å². The summed E-state index contributed by atoms with van der Waals surface area (Å²) in [5, 5.41) is -0.943. The first-order valence-electron chi connectivity index (χ1n) is 4.52. The fourth-order valence-electron chi connectivity index (χ4n) is 1.06. The largest absolute Gasteiger partial charge is 0.766 e. The number of para-hydroxylation sites is 1. The molecule has 0 fully saturated rings. The molecule has 0 aliphatic rings. The Bertz CT molecular complexity index is 375. The van der Waals surface area contributed by atoms with Crippen molar-refractivity contribution in [2.24, 2.45) is 0 Å². The molecule has 0 amide bonds. The standard InChI is InChI=1S/C10H12O4S/c1-2-7-14-9-6-4-3-5-8(9)10(11)15(12)13/h3-6H,2,7H2,1H3,(H,12,13)/p-1. The van der Waals surface area contributed by atoms with Gasteiger partial charge in [-0.3, -0.25) is 9.00 Å². The predicted molar refractivity (Wildman–Crippen MR) is 55.5 cm³/mol. The Labute approximate surface area is 90.5 Å². The first-order chi connectivity index (χ1) is 7.16. The Morgan fingerprint density at radius 3 is 2.73 bits per heavy atom. The Kier molecular flexibility index (Phi) is 4.45. The molecule has 82 valence electrons. The van der Waals surface area contributed by atoms with Crippen molar-refractivity contribution in [3.8, 4) is 5.75 Å². The monoisotopic (exact) mass is 227 g/mol. The van der Waals surface area contributed by atoms with Crippen LogP contribution in [0.2, 0.25) is 0 Å². The second kappa shape index (κ2) is 5.63. The van der Waals surface area contributed by atoms with Crippen molar-refractivity contribution in [1.29, 1.82) is 0 Å². The van der Waals surface area contributed by atoms with E-state index in [9.17, 15) is 13.6 Å².